The van der Waals surface area contributed by atoms with Gasteiger partial charge in [-0.2, -0.15) is 5.10 Å². The minimum absolute atomic E-state index is 0.0135. The number of ether oxygens (including phenoxy) is 1. The van der Waals surface area contributed by atoms with Crippen LogP contribution in [0.4, 0.5) is 11.5 Å². The lowest BCUT2D eigenvalue weighted by atomic mass is 9.89. The molecule has 0 unspecified atom stereocenters. The number of piperidine rings is 1. The van der Waals surface area contributed by atoms with Crippen molar-refractivity contribution in [3.8, 4) is 0 Å². The van der Waals surface area contributed by atoms with Crippen LogP contribution in [-0.2, 0) is 16.1 Å². The maximum absolute atomic E-state index is 13.2. The number of hydrogen-bond donors (Lipinski definition) is 1. The molecule has 3 heterocycles. The fraction of sp³-hybridized carbons (Fsp3) is 0.464. The number of likely N-dealkylation sites (tertiary alicyclic amines) is 1. The molecule has 1 N–H and O–H groups in total. The number of rotatable bonds is 7. The van der Waals surface area contributed by atoms with Gasteiger partial charge in [0, 0.05) is 37.6 Å². The van der Waals surface area contributed by atoms with E-state index in [-0.39, 0.29) is 11.5 Å². The zero-order valence-corrected chi connectivity index (χ0v) is 21.0. The molecule has 8 nitrogen and oxygen atoms in total. The first kappa shape index (κ1) is 24.5. The van der Waals surface area contributed by atoms with E-state index in [0.717, 1.165) is 74.3 Å². The van der Waals surface area contributed by atoms with Crippen LogP contribution >= 0.6 is 0 Å². The van der Waals surface area contributed by atoms with Crippen molar-refractivity contribution in [3.63, 3.8) is 0 Å². The molecule has 1 aromatic heterocycles. The van der Waals surface area contributed by atoms with Gasteiger partial charge in [-0.3, -0.25) is 9.59 Å². The highest BCUT2D eigenvalue weighted by atomic mass is 16.5. The number of anilines is 2. The summed E-state index contributed by atoms with van der Waals surface area (Å²) < 4.78 is 7.18. The number of aromatic nitrogens is 2. The lowest BCUT2D eigenvalue weighted by Crippen LogP contribution is -2.39. The van der Waals surface area contributed by atoms with Gasteiger partial charge in [0.25, 0.3) is 5.56 Å². The molecule has 0 saturated carbocycles. The van der Waals surface area contributed by atoms with Crippen LogP contribution in [0.5, 0.6) is 0 Å². The Labute approximate surface area is 211 Å². The first-order chi connectivity index (χ1) is 17.6. The quantitative estimate of drug-likeness (QED) is 0.548. The van der Waals surface area contributed by atoms with Crippen LogP contribution in [0.3, 0.4) is 0 Å². The zero-order valence-electron chi connectivity index (χ0n) is 21.0. The van der Waals surface area contributed by atoms with Gasteiger partial charge in [-0.15, -0.1) is 0 Å². The molecule has 5 rings (SSSR count). The van der Waals surface area contributed by atoms with Crippen LogP contribution < -0.4 is 15.8 Å². The summed E-state index contributed by atoms with van der Waals surface area (Å²) in [6.45, 7) is 8.12. The largest absolute Gasteiger partial charge is 0.378 e. The standard InChI is InChI=1S/C28H35N5O3/c1-21(34)29-24-7-4-6-23(20-24)22-10-14-31(15-11-22)12-5-13-33-28(35)26-9-3-2-8-25(26)27(30-33)32-16-18-36-19-17-32/h2-4,6-9,20,22H,5,10-19H2,1H3,(H,29,34). The average molecular weight is 490 g/mol. The molecule has 0 radical (unpaired) electrons. The summed E-state index contributed by atoms with van der Waals surface area (Å²) in [6, 6.07) is 16.0. The maximum Gasteiger partial charge on any atom is 0.274 e. The number of hydrogen-bond acceptors (Lipinski definition) is 6. The molecule has 8 heteroatoms. The fourth-order valence-electron chi connectivity index (χ4n) is 5.39. The zero-order chi connectivity index (χ0) is 24.9. The highest BCUT2D eigenvalue weighted by Crippen LogP contribution is 2.29. The van der Waals surface area contributed by atoms with Crippen LogP contribution in [0.1, 0.15) is 37.7 Å². The molecule has 1 amide bonds. The SMILES string of the molecule is CC(=O)Nc1cccc(C2CCN(CCCn3nc(N4CCOCC4)c4ccccc4c3=O)CC2)c1. The normalized spacial score (nSPS) is 17.4. The van der Waals surface area contributed by atoms with Gasteiger partial charge in [0.05, 0.1) is 18.6 Å². The predicted molar refractivity (Wildman–Crippen MR) is 143 cm³/mol. The molecule has 2 fully saturated rings. The van der Waals surface area contributed by atoms with Crippen LogP contribution in [0.25, 0.3) is 10.8 Å². The van der Waals surface area contributed by atoms with Gasteiger partial charge in [-0.1, -0.05) is 30.3 Å². The topological polar surface area (TPSA) is 79.7 Å². The highest BCUT2D eigenvalue weighted by Gasteiger charge is 2.22. The van der Waals surface area contributed by atoms with E-state index >= 15 is 0 Å². The number of nitrogens with zero attached hydrogens (tertiary/aromatic N) is 4. The number of nitrogens with one attached hydrogen (secondary N) is 1. The Morgan fingerprint density at radius 3 is 2.50 bits per heavy atom. The van der Waals surface area contributed by atoms with Gasteiger partial charge in [-0.25, -0.2) is 4.68 Å². The first-order valence-electron chi connectivity index (χ1n) is 13.0. The molecule has 2 aliphatic rings. The van der Waals surface area contributed by atoms with Crippen molar-refractivity contribution in [3.05, 3.63) is 64.4 Å². The van der Waals surface area contributed by atoms with Gasteiger partial charge in [-0.05, 0) is 68.6 Å². The molecular weight excluding hydrogens is 454 g/mol. The monoisotopic (exact) mass is 489 g/mol. The average Bonchev–Trinajstić information content (AvgIpc) is 2.91. The minimum Gasteiger partial charge on any atom is -0.378 e. The summed E-state index contributed by atoms with van der Waals surface area (Å²) in [7, 11) is 0. The number of morpholine rings is 1. The molecule has 2 saturated heterocycles. The first-order valence-corrected chi connectivity index (χ1v) is 13.0. The molecule has 0 bridgehead atoms. The lowest BCUT2D eigenvalue weighted by molar-refractivity contribution is -0.114. The predicted octanol–water partition coefficient (Wildman–Crippen LogP) is 3.46. The van der Waals surface area contributed by atoms with E-state index in [1.807, 2.05) is 36.4 Å². The second kappa shape index (κ2) is 11.2. The number of benzene rings is 2. The van der Waals surface area contributed by atoms with Crippen molar-refractivity contribution in [2.75, 3.05) is 56.2 Å². The number of carbonyl (C=O) groups is 1. The van der Waals surface area contributed by atoms with E-state index in [0.29, 0.717) is 25.7 Å². The second-order valence-electron chi connectivity index (χ2n) is 9.77. The molecule has 36 heavy (non-hydrogen) atoms. The Bertz CT molecular complexity index is 1260. The summed E-state index contributed by atoms with van der Waals surface area (Å²) in [5, 5.41) is 9.35. The van der Waals surface area contributed by atoms with E-state index in [1.54, 1.807) is 4.68 Å². The minimum atomic E-state index is -0.0426. The highest BCUT2D eigenvalue weighted by molar-refractivity contribution is 5.91. The van der Waals surface area contributed by atoms with Crippen LogP contribution in [-0.4, -0.2) is 66.5 Å². The van der Waals surface area contributed by atoms with Gasteiger partial charge >= 0.3 is 0 Å². The van der Waals surface area contributed by atoms with Crippen molar-refractivity contribution in [1.29, 1.82) is 0 Å². The van der Waals surface area contributed by atoms with E-state index in [4.69, 9.17) is 9.84 Å². The van der Waals surface area contributed by atoms with E-state index < -0.39 is 0 Å². The Kier molecular flexibility index (Phi) is 7.63. The van der Waals surface area contributed by atoms with Crippen LogP contribution in [0.15, 0.2) is 53.3 Å². The van der Waals surface area contributed by atoms with Crippen LogP contribution in [0, 0.1) is 0 Å². The number of fused-ring (bicyclic) bond motifs is 1. The van der Waals surface area contributed by atoms with Crippen molar-refractivity contribution in [1.82, 2.24) is 14.7 Å². The molecule has 2 aromatic carbocycles. The third kappa shape index (κ3) is 5.60. The van der Waals surface area contributed by atoms with E-state index in [2.05, 4.69) is 27.2 Å². The Balaban J connectivity index is 1.20. The molecule has 3 aromatic rings. The van der Waals surface area contributed by atoms with Gasteiger partial charge in [0.2, 0.25) is 5.91 Å². The van der Waals surface area contributed by atoms with Gasteiger partial charge < -0.3 is 19.9 Å². The summed E-state index contributed by atoms with van der Waals surface area (Å²) in [5.74, 6) is 1.35. The number of amides is 1. The second-order valence-corrected chi connectivity index (χ2v) is 9.77. The Morgan fingerprint density at radius 2 is 1.75 bits per heavy atom. The van der Waals surface area contributed by atoms with Crippen LogP contribution in [0.2, 0.25) is 0 Å². The van der Waals surface area contributed by atoms with Gasteiger partial charge in [0.15, 0.2) is 5.82 Å². The number of aryl methyl sites for hydroxylation is 1. The lowest BCUT2D eigenvalue weighted by Gasteiger charge is -2.32. The summed E-state index contributed by atoms with van der Waals surface area (Å²) >= 11 is 0. The van der Waals surface area contributed by atoms with E-state index in [1.165, 1.54) is 12.5 Å². The summed E-state index contributed by atoms with van der Waals surface area (Å²) in [4.78, 5) is 29.3. The molecule has 0 aliphatic carbocycles. The van der Waals surface area contributed by atoms with Crippen molar-refractivity contribution < 1.29 is 9.53 Å². The third-order valence-electron chi connectivity index (χ3n) is 7.27. The summed E-state index contributed by atoms with van der Waals surface area (Å²) in [6.07, 6.45) is 3.08. The maximum atomic E-state index is 13.2. The van der Waals surface area contributed by atoms with Gasteiger partial charge in [0.1, 0.15) is 0 Å². The summed E-state index contributed by atoms with van der Waals surface area (Å²) in [5.41, 5.74) is 2.15. The molecule has 0 atom stereocenters. The molecule has 2 aliphatic heterocycles. The Morgan fingerprint density at radius 1 is 1.00 bits per heavy atom. The van der Waals surface area contributed by atoms with Crippen molar-refractivity contribution >= 4 is 28.2 Å². The molecule has 190 valence electrons. The fourth-order valence-corrected chi connectivity index (χ4v) is 5.39. The third-order valence-corrected chi connectivity index (χ3v) is 7.27. The van der Waals surface area contributed by atoms with E-state index in [9.17, 15) is 9.59 Å². The molecule has 0 spiro atoms. The number of carbonyl (C=O) groups excluding carboxylic acids is 1. The Hall–Kier alpha value is -3.23. The van der Waals surface area contributed by atoms with Crippen molar-refractivity contribution in [2.24, 2.45) is 0 Å². The molecular formula is C28H35N5O3. The smallest absolute Gasteiger partial charge is 0.274 e. The van der Waals surface area contributed by atoms with Crippen molar-refractivity contribution in [2.45, 2.75) is 38.6 Å².